The average molecular weight is 437 g/mol. The molecule has 3 aromatic carbocycles. The molecule has 0 fully saturated rings. The van der Waals surface area contributed by atoms with Crippen molar-refractivity contribution in [3.8, 4) is 0 Å². The molecular formula is C25H32OSSi2. The summed E-state index contributed by atoms with van der Waals surface area (Å²) in [7, 11) is -4.11. The van der Waals surface area contributed by atoms with Crippen LogP contribution in [0.4, 0.5) is 0 Å². The van der Waals surface area contributed by atoms with E-state index < -0.39 is 21.4 Å². The molecule has 0 saturated heterocycles. The van der Waals surface area contributed by atoms with Crippen LogP contribution in [0, 0.1) is 0 Å². The highest BCUT2D eigenvalue weighted by Crippen LogP contribution is 2.46. The lowest BCUT2D eigenvalue weighted by Crippen LogP contribution is -2.69. The summed E-state index contributed by atoms with van der Waals surface area (Å²) in [6.07, 6.45) is 0. The van der Waals surface area contributed by atoms with Gasteiger partial charge in [0.2, 0.25) is 0 Å². The highest BCUT2D eigenvalue weighted by molar-refractivity contribution is 8.01. The Balaban J connectivity index is 2.23. The van der Waals surface area contributed by atoms with Crippen LogP contribution in [0.25, 0.3) is 0 Å². The Morgan fingerprint density at radius 1 is 0.690 bits per heavy atom. The van der Waals surface area contributed by atoms with E-state index in [0.717, 1.165) is 5.56 Å². The molecule has 4 heteroatoms. The predicted molar refractivity (Wildman–Crippen MR) is 133 cm³/mol. The van der Waals surface area contributed by atoms with Crippen LogP contribution in [-0.4, -0.2) is 26.1 Å². The molecule has 152 valence electrons. The Labute approximate surface area is 182 Å². The van der Waals surface area contributed by atoms with E-state index in [0.29, 0.717) is 0 Å². The topological polar surface area (TPSA) is 20.2 Å². The summed E-state index contributed by atoms with van der Waals surface area (Å²) < 4.78 is 0. The summed E-state index contributed by atoms with van der Waals surface area (Å²) in [5.41, 5.74) is 1.05. The summed E-state index contributed by atoms with van der Waals surface area (Å²) in [5, 5.41) is 13.2. The van der Waals surface area contributed by atoms with Gasteiger partial charge in [-0.25, -0.2) is 0 Å². The van der Waals surface area contributed by atoms with Crippen molar-refractivity contribution in [1.29, 1.82) is 0 Å². The van der Waals surface area contributed by atoms with Crippen molar-refractivity contribution in [2.24, 2.45) is 0 Å². The van der Waals surface area contributed by atoms with Crippen LogP contribution in [0.5, 0.6) is 0 Å². The molecule has 0 bridgehead atoms. The summed E-state index contributed by atoms with van der Waals surface area (Å²) in [6.45, 7) is 11.8. The number of aliphatic hydroxyl groups is 1. The van der Waals surface area contributed by atoms with Gasteiger partial charge in [-0.3, -0.25) is 0 Å². The number of rotatable bonds is 7. The number of hydrogen-bond donors (Lipinski definition) is 1. The molecule has 0 aromatic heterocycles. The molecule has 0 radical (unpaired) electrons. The first-order chi connectivity index (χ1) is 13.7. The van der Waals surface area contributed by atoms with Gasteiger partial charge in [0.05, 0.1) is 13.3 Å². The second-order valence-electron chi connectivity index (χ2n) is 9.30. The first-order valence-electron chi connectivity index (χ1n) is 10.2. The number of thioether (sulfide) groups is 1. The minimum atomic E-state index is -2.33. The molecule has 1 N–H and O–H groups in total. The molecule has 0 aliphatic carbocycles. The minimum Gasteiger partial charge on any atom is -0.388 e. The predicted octanol–water partition coefficient (Wildman–Crippen LogP) is 6.07. The summed E-state index contributed by atoms with van der Waals surface area (Å²) in [6, 6.07) is 31.6. The SMILES string of the molecule is C[Si](C)(C)C(Sc1ccccc1)C(O)(c1ccccc1)[Si](C)(C)c1ccccc1. The summed E-state index contributed by atoms with van der Waals surface area (Å²) >= 11 is 1.87. The van der Waals surface area contributed by atoms with Crippen molar-refractivity contribution in [2.75, 3.05) is 0 Å². The molecule has 3 aromatic rings. The van der Waals surface area contributed by atoms with Crippen LogP contribution in [0.2, 0.25) is 32.7 Å². The van der Waals surface area contributed by atoms with Crippen LogP contribution in [-0.2, 0) is 5.22 Å². The van der Waals surface area contributed by atoms with E-state index in [1.165, 1.54) is 10.1 Å². The Hall–Kier alpha value is -1.60. The van der Waals surface area contributed by atoms with Gasteiger partial charge < -0.3 is 5.11 Å². The molecule has 0 amide bonds. The van der Waals surface area contributed by atoms with E-state index >= 15 is 0 Å². The van der Waals surface area contributed by atoms with Gasteiger partial charge >= 0.3 is 0 Å². The number of hydrogen-bond acceptors (Lipinski definition) is 2. The third kappa shape index (κ3) is 4.46. The maximum Gasteiger partial charge on any atom is 0.123 e. The van der Waals surface area contributed by atoms with E-state index in [9.17, 15) is 5.11 Å². The van der Waals surface area contributed by atoms with Gasteiger partial charge in [-0.15, -0.1) is 11.8 Å². The van der Waals surface area contributed by atoms with Gasteiger partial charge in [0, 0.05) is 9.77 Å². The zero-order valence-electron chi connectivity index (χ0n) is 18.1. The Kier molecular flexibility index (Phi) is 6.59. The van der Waals surface area contributed by atoms with Gasteiger partial charge in [0.1, 0.15) is 8.07 Å². The molecule has 2 atom stereocenters. The van der Waals surface area contributed by atoms with Crippen molar-refractivity contribution >= 4 is 33.1 Å². The molecule has 0 saturated carbocycles. The van der Waals surface area contributed by atoms with E-state index in [4.69, 9.17) is 0 Å². The summed E-state index contributed by atoms with van der Waals surface area (Å²) in [5.74, 6) is 0. The lowest BCUT2D eigenvalue weighted by Gasteiger charge is -2.51. The fraction of sp³-hybridized carbons (Fsp3) is 0.280. The molecule has 0 spiro atoms. The van der Waals surface area contributed by atoms with Gasteiger partial charge in [-0.05, 0) is 17.7 Å². The first-order valence-corrected chi connectivity index (χ1v) is 17.7. The number of benzene rings is 3. The van der Waals surface area contributed by atoms with Crippen LogP contribution in [0.3, 0.4) is 0 Å². The van der Waals surface area contributed by atoms with Crippen LogP contribution in [0.15, 0.2) is 95.9 Å². The van der Waals surface area contributed by atoms with E-state index in [1.54, 1.807) is 0 Å². The highest BCUT2D eigenvalue weighted by atomic mass is 32.2. The van der Waals surface area contributed by atoms with Gasteiger partial charge in [0.15, 0.2) is 0 Å². The summed E-state index contributed by atoms with van der Waals surface area (Å²) in [4.78, 5) is 1.36. The molecule has 0 heterocycles. The molecule has 1 nitrogen and oxygen atoms in total. The van der Waals surface area contributed by atoms with Gasteiger partial charge in [0.25, 0.3) is 0 Å². The van der Waals surface area contributed by atoms with Crippen molar-refractivity contribution in [2.45, 2.75) is 47.7 Å². The molecule has 0 aliphatic rings. The van der Waals surface area contributed by atoms with Crippen molar-refractivity contribution in [3.05, 3.63) is 96.6 Å². The second kappa shape index (κ2) is 8.64. The third-order valence-corrected chi connectivity index (χ3v) is 16.2. The highest BCUT2D eigenvalue weighted by Gasteiger charge is 2.56. The zero-order valence-corrected chi connectivity index (χ0v) is 20.9. The van der Waals surface area contributed by atoms with Crippen LogP contribution in [0.1, 0.15) is 5.56 Å². The zero-order chi connectivity index (χ0) is 21.1. The van der Waals surface area contributed by atoms with Crippen molar-refractivity contribution in [3.63, 3.8) is 0 Å². The Bertz CT molecular complexity index is 908. The lowest BCUT2D eigenvalue weighted by atomic mass is 10.1. The maximum absolute atomic E-state index is 12.8. The van der Waals surface area contributed by atoms with E-state index in [1.807, 2.05) is 17.8 Å². The molecule has 3 rings (SSSR count). The van der Waals surface area contributed by atoms with Gasteiger partial charge in [-0.1, -0.05) is 117 Å². The monoisotopic (exact) mass is 436 g/mol. The Morgan fingerprint density at radius 2 is 1.14 bits per heavy atom. The molecule has 2 unspecified atom stereocenters. The minimum absolute atomic E-state index is 0.127. The molecule has 29 heavy (non-hydrogen) atoms. The fourth-order valence-corrected chi connectivity index (χ4v) is 14.7. The van der Waals surface area contributed by atoms with Gasteiger partial charge in [-0.2, -0.15) is 0 Å². The van der Waals surface area contributed by atoms with Crippen molar-refractivity contribution < 1.29 is 5.11 Å². The van der Waals surface area contributed by atoms with E-state index in [2.05, 4.69) is 118 Å². The lowest BCUT2D eigenvalue weighted by molar-refractivity contribution is 0.130. The Morgan fingerprint density at radius 3 is 1.62 bits per heavy atom. The van der Waals surface area contributed by atoms with Crippen LogP contribution >= 0.6 is 11.8 Å². The normalized spacial score (nSPS) is 15.5. The third-order valence-electron chi connectivity index (χ3n) is 5.83. The quantitative estimate of drug-likeness (QED) is 0.358. The standard InChI is InChI=1S/C25H32OSSi2/c1-28(2,3)24(27-22-17-11-7-12-18-22)25(26,21-15-9-6-10-16-21)29(4,5)23-19-13-8-14-20-23/h6-20,24,26H,1-5H3. The largest absolute Gasteiger partial charge is 0.388 e. The van der Waals surface area contributed by atoms with Crippen molar-refractivity contribution in [1.82, 2.24) is 0 Å². The first kappa shape index (κ1) is 22.1. The average Bonchev–Trinajstić information content (AvgIpc) is 2.72. The van der Waals surface area contributed by atoms with E-state index in [-0.39, 0.29) is 4.87 Å². The maximum atomic E-state index is 12.8. The smallest absolute Gasteiger partial charge is 0.123 e. The molecular weight excluding hydrogens is 405 g/mol. The second-order valence-corrected chi connectivity index (χ2v) is 20.8. The molecule has 0 aliphatic heterocycles. The van der Waals surface area contributed by atoms with Crippen LogP contribution < -0.4 is 5.19 Å². The fourth-order valence-electron chi connectivity index (χ4n) is 4.13.